The molecule has 2 fully saturated rings. The van der Waals surface area contributed by atoms with Crippen LogP contribution in [0.2, 0.25) is 0 Å². The van der Waals surface area contributed by atoms with E-state index in [0.29, 0.717) is 0 Å². The highest BCUT2D eigenvalue weighted by molar-refractivity contribution is 5.31. The molecule has 0 aliphatic heterocycles. The number of benzene rings is 1. The lowest BCUT2D eigenvalue weighted by Gasteiger charge is -2.38. The van der Waals surface area contributed by atoms with Gasteiger partial charge in [-0.25, -0.2) is 4.39 Å². The standard InChI is InChI=1S/C25H34F4O/c1-3-17(2)4-5-18-6-8-19(9-7-18)20-10-12-21(13-11-20)22-14-15-24(23(26)16-22)30-25(27,28)29/h14-16,18-21H,2-13H2,1H3. The first-order valence-electron chi connectivity index (χ1n) is 11.5. The van der Waals surface area contributed by atoms with E-state index in [2.05, 4.69) is 18.2 Å². The Kier molecular flexibility index (Phi) is 7.86. The SMILES string of the molecule is C=C(CC)CCC1CCC(C2CCC(c3ccc(OC(F)(F)F)c(F)c3)CC2)CC1. The van der Waals surface area contributed by atoms with Gasteiger partial charge in [-0.1, -0.05) is 38.0 Å². The number of allylic oxidation sites excluding steroid dienone is 1. The summed E-state index contributed by atoms with van der Waals surface area (Å²) in [5.74, 6) is 0.935. The zero-order valence-electron chi connectivity index (χ0n) is 17.9. The molecule has 0 radical (unpaired) electrons. The molecule has 0 atom stereocenters. The van der Waals surface area contributed by atoms with Gasteiger partial charge in [0.25, 0.3) is 0 Å². The predicted octanol–water partition coefficient (Wildman–Crippen LogP) is 8.55. The van der Waals surface area contributed by atoms with E-state index < -0.39 is 17.9 Å². The zero-order valence-corrected chi connectivity index (χ0v) is 17.9. The Hall–Kier alpha value is -1.52. The number of hydrogen-bond donors (Lipinski definition) is 0. The molecule has 1 aromatic carbocycles. The Morgan fingerprint density at radius 3 is 2.13 bits per heavy atom. The van der Waals surface area contributed by atoms with Crippen molar-refractivity contribution in [3.8, 4) is 5.75 Å². The first-order valence-corrected chi connectivity index (χ1v) is 11.5. The van der Waals surface area contributed by atoms with Crippen LogP contribution in [0, 0.1) is 23.6 Å². The maximum Gasteiger partial charge on any atom is 0.573 e. The van der Waals surface area contributed by atoms with Gasteiger partial charge in [-0.15, -0.1) is 13.2 Å². The highest BCUT2D eigenvalue weighted by Crippen LogP contribution is 2.45. The maximum absolute atomic E-state index is 14.0. The molecule has 2 saturated carbocycles. The first kappa shape index (κ1) is 23.1. The van der Waals surface area contributed by atoms with Crippen LogP contribution < -0.4 is 4.74 Å². The largest absolute Gasteiger partial charge is 0.573 e. The fraction of sp³-hybridized carbons (Fsp3) is 0.680. The Balaban J connectivity index is 1.45. The summed E-state index contributed by atoms with van der Waals surface area (Å²) in [4.78, 5) is 0. The Labute approximate surface area is 177 Å². The summed E-state index contributed by atoms with van der Waals surface area (Å²) < 4.78 is 54.7. The molecule has 0 N–H and O–H groups in total. The Morgan fingerprint density at radius 2 is 1.60 bits per heavy atom. The highest BCUT2D eigenvalue weighted by atomic mass is 19.4. The van der Waals surface area contributed by atoms with Crippen molar-refractivity contribution in [2.75, 3.05) is 0 Å². The number of ether oxygens (including phenoxy) is 1. The van der Waals surface area contributed by atoms with Crippen molar-refractivity contribution in [3.05, 3.63) is 41.7 Å². The topological polar surface area (TPSA) is 9.23 Å². The van der Waals surface area contributed by atoms with Crippen LogP contribution in [0.15, 0.2) is 30.4 Å². The molecule has 0 amide bonds. The van der Waals surface area contributed by atoms with E-state index in [4.69, 9.17) is 0 Å². The van der Waals surface area contributed by atoms with Gasteiger partial charge in [-0.05, 0) is 99.2 Å². The molecule has 0 unspecified atom stereocenters. The van der Waals surface area contributed by atoms with Crippen LogP contribution in [-0.2, 0) is 0 Å². The summed E-state index contributed by atoms with van der Waals surface area (Å²) in [5, 5.41) is 0. The summed E-state index contributed by atoms with van der Waals surface area (Å²) in [7, 11) is 0. The first-order chi connectivity index (χ1) is 14.2. The molecule has 2 aliphatic rings. The third-order valence-corrected chi connectivity index (χ3v) is 7.39. The van der Waals surface area contributed by atoms with Gasteiger partial charge >= 0.3 is 6.36 Å². The van der Waals surface area contributed by atoms with Crippen molar-refractivity contribution >= 4 is 0 Å². The van der Waals surface area contributed by atoms with E-state index >= 15 is 0 Å². The molecular weight excluding hydrogens is 392 g/mol. The minimum absolute atomic E-state index is 0.229. The van der Waals surface area contributed by atoms with Crippen molar-refractivity contribution in [2.24, 2.45) is 17.8 Å². The molecule has 1 aromatic rings. The van der Waals surface area contributed by atoms with Gasteiger partial charge in [0.15, 0.2) is 11.6 Å². The molecule has 0 saturated heterocycles. The second kappa shape index (κ2) is 10.2. The lowest BCUT2D eigenvalue weighted by molar-refractivity contribution is -0.275. The van der Waals surface area contributed by atoms with E-state index in [9.17, 15) is 17.6 Å². The van der Waals surface area contributed by atoms with E-state index in [1.54, 1.807) is 6.07 Å². The molecule has 1 nitrogen and oxygen atoms in total. The van der Waals surface area contributed by atoms with E-state index in [-0.39, 0.29) is 5.92 Å². The third kappa shape index (κ3) is 6.49. The summed E-state index contributed by atoms with van der Waals surface area (Å²) >= 11 is 0. The average molecular weight is 427 g/mol. The summed E-state index contributed by atoms with van der Waals surface area (Å²) in [6, 6.07) is 3.92. The lowest BCUT2D eigenvalue weighted by Crippen LogP contribution is -2.25. The molecule has 0 aromatic heterocycles. The normalized spacial score (nSPS) is 27.6. The highest BCUT2D eigenvalue weighted by Gasteiger charge is 2.34. The molecular formula is C25H34F4O. The fourth-order valence-electron chi connectivity index (χ4n) is 5.44. The van der Waals surface area contributed by atoms with Gasteiger partial charge in [0, 0.05) is 0 Å². The molecule has 0 heterocycles. The van der Waals surface area contributed by atoms with Gasteiger partial charge in [-0.3, -0.25) is 0 Å². The van der Waals surface area contributed by atoms with Gasteiger partial charge in [-0.2, -0.15) is 0 Å². The second-order valence-corrected chi connectivity index (χ2v) is 9.27. The number of rotatable bonds is 7. The van der Waals surface area contributed by atoms with Gasteiger partial charge in [0.2, 0.25) is 0 Å². The van der Waals surface area contributed by atoms with Crippen molar-refractivity contribution < 1.29 is 22.3 Å². The molecule has 5 heteroatoms. The summed E-state index contributed by atoms with van der Waals surface area (Å²) in [5.41, 5.74) is 2.16. The van der Waals surface area contributed by atoms with Crippen molar-refractivity contribution in [1.82, 2.24) is 0 Å². The van der Waals surface area contributed by atoms with E-state index in [1.165, 1.54) is 50.2 Å². The molecule has 2 aliphatic carbocycles. The van der Waals surface area contributed by atoms with Crippen LogP contribution in [-0.4, -0.2) is 6.36 Å². The molecule has 3 rings (SSSR count). The van der Waals surface area contributed by atoms with Crippen LogP contribution in [0.1, 0.15) is 89.0 Å². The summed E-state index contributed by atoms with van der Waals surface area (Å²) in [6.07, 6.45) is 8.19. The van der Waals surface area contributed by atoms with Crippen LogP contribution in [0.3, 0.4) is 0 Å². The monoisotopic (exact) mass is 426 g/mol. The average Bonchev–Trinajstić information content (AvgIpc) is 2.73. The second-order valence-electron chi connectivity index (χ2n) is 9.27. The Morgan fingerprint density at radius 1 is 1.00 bits per heavy atom. The fourth-order valence-corrected chi connectivity index (χ4v) is 5.44. The predicted molar refractivity (Wildman–Crippen MR) is 112 cm³/mol. The number of halogens is 4. The molecule has 0 spiro atoms. The third-order valence-electron chi connectivity index (χ3n) is 7.39. The quantitative estimate of drug-likeness (QED) is 0.313. The van der Waals surface area contributed by atoms with Crippen LogP contribution in [0.25, 0.3) is 0 Å². The summed E-state index contributed by atoms with van der Waals surface area (Å²) in [6.45, 7) is 6.30. The van der Waals surface area contributed by atoms with Crippen molar-refractivity contribution in [3.63, 3.8) is 0 Å². The number of hydrogen-bond acceptors (Lipinski definition) is 1. The van der Waals surface area contributed by atoms with E-state index in [1.807, 2.05) is 0 Å². The maximum atomic E-state index is 14.0. The van der Waals surface area contributed by atoms with Gasteiger partial charge < -0.3 is 4.74 Å². The van der Waals surface area contributed by atoms with Gasteiger partial charge in [0.1, 0.15) is 0 Å². The molecule has 30 heavy (non-hydrogen) atoms. The van der Waals surface area contributed by atoms with Crippen molar-refractivity contribution in [1.29, 1.82) is 0 Å². The lowest BCUT2D eigenvalue weighted by atomic mass is 9.68. The van der Waals surface area contributed by atoms with Gasteiger partial charge in [0.05, 0.1) is 0 Å². The number of alkyl halides is 3. The molecule has 168 valence electrons. The van der Waals surface area contributed by atoms with Crippen LogP contribution in [0.4, 0.5) is 17.6 Å². The Bertz CT molecular complexity index is 696. The van der Waals surface area contributed by atoms with Crippen LogP contribution in [0.5, 0.6) is 5.75 Å². The minimum Gasteiger partial charge on any atom is -0.403 e. The minimum atomic E-state index is -4.87. The van der Waals surface area contributed by atoms with E-state index in [0.717, 1.165) is 61.5 Å². The zero-order chi connectivity index (χ0) is 21.7. The smallest absolute Gasteiger partial charge is 0.403 e. The van der Waals surface area contributed by atoms with Crippen molar-refractivity contribution in [2.45, 2.75) is 89.8 Å². The van der Waals surface area contributed by atoms with Crippen LogP contribution >= 0.6 is 0 Å². The molecule has 0 bridgehead atoms.